The zero-order chi connectivity index (χ0) is 25.8. The van der Waals surface area contributed by atoms with Crippen LogP contribution in [-0.4, -0.2) is 32.1 Å². The maximum atomic E-state index is 7.15. The van der Waals surface area contributed by atoms with Crippen molar-refractivity contribution in [2.24, 2.45) is 0 Å². The zero-order valence-corrected chi connectivity index (χ0v) is 23.9. The molecule has 0 bridgehead atoms. The Hall–Kier alpha value is -2.24. The van der Waals surface area contributed by atoms with Crippen molar-refractivity contribution in [3.05, 3.63) is 96.6 Å². The first kappa shape index (κ1) is 26.4. The third kappa shape index (κ3) is 5.35. The normalized spacial score (nSPS) is 22.6. The Kier molecular flexibility index (Phi) is 8.01. The summed E-state index contributed by atoms with van der Waals surface area (Å²) in [6.45, 7) is 8.93. The number of piperidine rings is 1. The van der Waals surface area contributed by atoms with Gasteiger partial charge in [0, 0.05) is 25.1 Å². The molecule has 2 heterocycles. The summed E-state index contributed by atoms with van der Waals surface area (Å²) < 4.78 is 7.15. The molecule has 196 valence electrons. The second-order valence-electron chi connectivity index (χ2n) is 12.0. The number of unbranched alkanes of at least 4 members (excludes halogenated alkanes) is 1. The van der Waals surface area contributed by atoms with E-state index in [4.69, 9.17) is 9.26 Å². The van der Waals surface area contributed by atoms with Gasteiger partial charge in [0.1, 0.15) is 6.10 Å². The summed E-state index contributed by atoms with van der Waals surface area (Å²) in [5.41, 5.74) is 1.49. The van der Waals surface area contributed by atoms with Crippen LogP contribution < -0.4 is 10.4 Å². The Morgan fingerprint density at radius 1 is 0.838 bits per heavy atom. The second kappa shape index (κ2) is 11.2. The summed E-state index contributed by atoms with van der Waals surface area (Å²) in [5, 5.41) is 5.11. The molecule has 3 aromatic carbocycles. The fraction of sp³-hybridized carbons (Fsp3) is 0.455. The Balaban J connectivity index is 1.28. The van der Waals surface area contributed by atoms with Crippen molar-refractivity contribution >= 4 is 18.7 Å². The average Bonchev–Trinajstić information content (AvgIpc) is 3.31. The first-order chi connectivity index (χ1) is 17.9. The van der Waals surface area contributed by atoms with Gasteiger partial charge >= 0.3 is 0 Å². The van der Waals surface area contributed by atoms with Crippen LogP contribution in [0.25, 0.3) is 0 Å². The number of nitrogens with zero attached hydrogens (tertiary/aromatic N) is 1. The minimum atomic E-state index is -2.46. The number of rotatable bonds is 9. The van der Waals surface area contributed by atoms with Gasteiger partial charge in [-0.2, -0.15) is 5.06 Å². The van der Waals surface area contributed by atoms with Crippen molar-refractivity contribution in [3.63, 3.8) is 0 Å². The van der Waals surface area contributed by atoms with E-state index < -0.39 is 8.32 Å². The van der Waals surface area contributed by atoms with E-state index in [2.05, 4.69) is 117 Å². The Morgan fingerprint density at radius 3 is 2.03 bits per heavy atom. The van der Waals surface area contributed by atoms with Crippen molar-refractivity contribution in [3.8, 4) is 0 Å². The highest BCUT2D eigenvalue weighted by molar-refractivity contribution is 6.99. The fourth-order valence-electron chi connectivity index (χ4n) is 6.72. The van der Waals surface area contributed by atoms with Crippen LogP contribution in [0.15, 0.2) is 91.0 Å². The van der Waals surface area contributed by atoms with Crippen molar-refractivity contribution in [2.75, 3.05) is 13.2 Å². The van der Waals surface area contributed by atoms with Gasteiger partial charge in [-0.05, 0) is 53.1 Å². The molecular formula is C33H43NO2Si. The standard InChI is InChI=1S/C33H43NO2Si/c1-32(2,3)37(29-19-9-5-10-20-29,30-21-11-6-12-22-30)35-26-16-14-24-33-23-13-15-25-34(33)36-31(27-33)28-17-7-4-8-18-28/h4-12,17-22,31H,13-16,23-27H2,1-3H3/t31-,33-/m0/s1. The lowest BCUT2D eigenvalue weighted by Gasteiger charge is -2.43. The molecule has 0 N–H and O–H groups in total. The molecule has 0 spiro atoms. The van der Waals surface area contributed by atoms with Gasteiger partial charge in [-0.1, -0.05) is 118 Å². The molecule has 2 aliphatic heterocycles. The summed E-state index contributed by atoms with van der Waals surface area (Å²) in [5.74, 6) is 0. The Labute approximate surface area is 224 Å². The molecule has 3 aromatic rings. The van der Waals surface area contributed by atoms with E-state index in [1.807, 2.05) is 0 Å². The quantitative estimate of drug-likeness (QED) is 0.226. The minimum absolute atomic E-state index is 0.0246. The molecule has 2 saturated heterocycles. The fourth-order valence-corrected chi connectivity index (χ4v) is 11.3. The summed E-state index contributed by atoms with van der Waals surface area (Å²) in [7, 11) is -2.46. The first-order valence-electron chi connectivity index (χ1n) is 14.2. The summed E-state index contributed by atoms with van der Waals surface area (Å²) >= 11 is 0. The molecule has 0 amide bonds. The second-order valence-corrected chi connectivity index (χ2v) is 16.3. The van der Waals surface area contributed by atoms with Gasteiger partial charge < -0.3 is 4.43 Å². The van der Waals surface area contributed by atoms with Crippen LogP contribution in [0.2, 0.25) is 5.04 Å². The third-order valence-electron chi connectivity index (χ3n) is 8.55. The molecule has 0 aliphatic carbocycles. The molecule has 2 atom stereocenters. The molecule has 2 fully saturated rings. The van der Waals surface area contributed by atoms with Crippen LogP contribution in [0.1, 0.15) is 77.4 Å². The monoisotopic (exact) mass is 513 g/mol. The number of hydrogen-bond donors (Lipinski definition) is 0. The van der Waals surface area contributed by atoms with Gasteiger partial charge in [0.2, 0.25) is 0 Å². The maximum Gasteiger partial charge on any atom is 0.261 e. The highest BCUT2D eigenvalue weighted by atomic mass is 28.4. The number of benzene rings is 3. The molecule has 2 aliphatic rings. The predicted molar refractivity (Wildman–Crippen MR) is 156 cm³/mol. The molecule has 4 heteroatoms. The van der Waals surface area contributed by atoms with Crippen molar-refractivity contribution in [1.82, 2.24) is 5.06 Å². The van der Waals surface area contributed by atoms with Gasteiger partial charge in [-0.25, -0.2) is 0 Å². The van der Waals surface area contributed by atoms with Gasteiger partial charge in [0.15, 0.2) is 0 Å². The van der Waals surface area contributed by atoms with Crippen LogP contribution in [-0.2, 0) is 9.26 Å². The van der Waals surface area contributed by atoms with Gasteiger partial charge in [-0.15, -0.1) is 0 Å². The molecule has 37 heavy (non-hydrogen) atoms. The van der Waals surface area contributed by atoms with Crippen LogP contribution >= 0.6 is 0 Å². The molecule has 0 unspecified atom stereocenters. The van der Waals surface area contributed by atoms with Crippen LogP contribution in [0, 0.1) is 0 Å². The lowest BCUT2D eigenvalue weighted by atomic mass is 9.80. The SMILES string of the molecule is CC(C)(C)[Si](OCCCC[C@]12CCCCN1O[C@H](c1ccccc1)C2)(c1ccccc1)c1ccccc1. The largest absolute Gasteiger partial charge is 0.407 e. The van der Waals surface area contributed by atoms with Crippen LogP contribution in [0.4, 0.5) is 0 Å². The van der Waals surface area contributed by atoms with E-state index in [0.29, 0.717) is 0 Å². The summed E-state index contributed by atoms with van der Waals surface area (Å²) in [6, 6.07) is 32.8. The molecule has 0 aromatic heterocycles. The van der Waals surface area contributed by atoms with E-state index in [1.165, 1.54) is 48.0 Å². The van der Waals surface area contributed by atoms with E-state index in [-0.39, 0.29) is 16.7 Å². The lowest BCUT2D eigenvalue weighted by Crippen LogP contribution is -2.66. The first-order valence-corrected chi connectivity index (χ1v) is 16.1. The van der Waals surface area contributed by atoms with Crippen molar-refractivity contribution in [1.29, 1.82) is 0 Å². The highest BCUT2D eigenvalue weighted by Crippen LogP contribution is 2.48. The summed E-state index contributed by atoms with van der Waals surface area (Å²) in [6.07, 6.45) is 8.50. The number of hydroxylamine groups is 2. The van der Waals surface area contributed by atoms with Gasteiger partial charge in [0.05, 0.1) is 0 Å². The van der Waals surface area contributed by atoms with E-state index in [0.717, 1.165) is 26.0 Å². The molecule has 5 rings (SSSR count). The van der Waals surface area contributed by atoms with E-state index in [9.17, 15) is 0 Å². The van der Waals surface area contributed by atoms with Gasteiger partial charge in [-0.3, -0.25) is 4.84 Å². The summed E-state index contributed by atoms with van der Waals surface area (Å²) in [4.78, 5) is 6.54. The third-order valence-corrected chi connectivity index (χ3v) is 13.6. The highest BCUT2D eigenvalue weighted by Gasteiger charge is 2.50. The lowest BCUT2D eigenvalue weighted by molar-refractivity contribution is -0.202. The zero-order valence-electron chi connectivity index (χ0n) is 22.9. The van der Waals surface area contributed by atoms with E-state index >= 15 is 0 Å². The molecule has 0 radical (unpaired) electrons. The Morgan fingerprint density at radius 2 is 1.43 bits per heavy atom. The molecule has 0 saturated carbocycles. The maximum absolute atomic E-state index is 7.15. The average molecular weight is 514 g/mol. The van der Waals surface area contributed by atoms with Crippen molar-refractivity contribution < 1.29 is 9.26 Å². The smallest absolute Gasteiger partial charge is 0.261 e. The topological polar surface area (TPSA) is 21.7 Å². The van der Waals surface area contributed by atoms with Crippen LogP contribution in [0.5, 0.6) is 0 Å². The van der Waals surface area contributed by atoms with Crippen LogP contribution in [0.3, 0.4) is 0 Å². The number of fused-ring (bicyclic) bond motifs is 1. The number of hydrogen-bond acceptors (Lipinski definition) is 3. The molecule has 3 nitrogen and oxygen atoms in total. The van der Waals surface area contributed by atoms with Crippen molar-refractivity contribution in [2.45, 2.75) is 82.4 Å². The Bertz CT molecular complexity index is 1080. The minimum Gasteiger partial charge on any atom is -0.407 e. The van der Waals surface area contributed by atoms with E-state index in [1.54, 1.807) is 0 Å². The molecular weight excluding hydrogens is 470 g/mol. The van der Waals surface area contributed by atoms with Gasteiger partial charge in [0.25, 0.3) is 8.32 Å². The predicted octanol–water partition coefficient (Wildman–Crippen LogP) is 7.03.